The summed E-state index contributed by atoms with van der Waals surface area (Å²) in [6.07, 6.45) is 4.99. The van der Waals surface area contributed by atoms with Crippen LogP contribution in [0.4, 0.5) is 0 Å². The summed E-state index contributed by atoms with van der Waals surface area (Å²) in [5, 5.41) is 9.52. The molecule has 1 aliphatic carbocycles. The van der Waals surface area contributed by atoms with Crippen molar-refractivity contribution in [3.05, 3.63) is 35.4 Å². The molecule has 1 fully saturated rings. The third kappa shape index (κ3) is 2.59. The predicted molar refractivity (Wildman–Crippen MR) is 78.6 cm³/mol. The Morgan fingerprint density at radius 3 is 2.60 bits per heavy atom. The van der Waals surface area contributed by atoms with Crippen LogP contribution in [0.2, 0.25) is 0 Å². The molecule has 0 saturated heterocycles. The quantitative estimate of drug-likeness (QED) is 0.899. The predicted octanol–water partition coefficient (Wildman–Crippen LogP) is 3.25. The molecule has 1 atom stereocenters. The standard InChI is InChI=1S/C17H23NO2/c1-12-6-8-14(9-7-12)18-10-13-4-2-3-5-15(13)16(11-18)17(19)20/h2-5,12,14,16H,6-11H2,1H3,(H,19,20). The van der Waals surface area contributed by atoms with Crippen LogP contribution >= 0.6 is 0 Å². The summed E-state index contributed by atoms with van der Waals surface area (Å²) in [7, 11) is 0. The van der Waals surface area contributed by atoms with Crippen molar-refractivity contribution in [1.29, 1.82) is 0 Å². The fourth-order valence-electron chi connectivity index (χ4n) is 3.73. The first-order chi connectivity index (χ1) is 9.65. The zero-order chi connectivity index (χ0) is 14.1. The topological polar surface area (TPSA) is 40.5 Å². The molecule has 0 bridgehead atoms. The largest absolute Gasteiger partial charge is 0.481 e. The van der Waals surface area contributed by atoms with E-state index in [0.717, 1.165) is 18.0 Å². The molecule has 3 nitrogen and oxygen atoms in total. The molecule has 2 aliphatic rings. The number of carboxylic acid groups (broad SMARTS) is 1. The number of rotatable bonds is 2. The van der Waals surface area contributed by atoms with Crippen LogP contribution in [0.25, 0.3) is 0 Å². The highest BCUT2D eigenvalue weighted by Gasteiger charge is 2.34. The third-order valence-corrected chi connectivity index (χ3v) is 5.02. The molecule has 1 aliphatic heterocycles. The number of hydrogen-bond acceptors (Lipinski definition) is 2. The zero-order valence-electron chi connectivity index (χ0n) is 12.1. The summed E-state index contributed by atoms with van der Waals surface area (Å²) in [4.78, 5) is 14.0. The summed E-state index contributed by atoms with van der Waals surface area (Å²) in [5.74, 6) is -0.218. The molecule has 1 unspecified atom stereocenters. The van der Waals surface area contributed by atoms with Gasteiger partial charge in [-0.1, -0.05) is 31.2 Å². The van der Waals surface area contributed by atoms with Gasteiger partial charge in [-0.15, -0.1) is 0 Å². The van der Waals surface area contributed by atoms with E-state index in [9.17, 15) is 9.90 Å². The second-order valence-electron chi connectivity index (χ2n) is 6.43. The maximum Gasteiger partial charge on any atom is 0.312 e. The lowest BCUT2D eigenvalue weighted by atomic mass is 9.83. The van der Waals surface area contributed by atoms with Crippen LogP contribution in [-0.2, 0) is 11.3 Å². The average Bonchev–Trinajstić information content (AvgIpc) is 2.46. The Hall–Kier alpha value is -1.35. The molecule has 1 N–H and O–H groups in total. The molecule has 0 radical (unpaired) electrons. The van der Waals surface area contributed by atoms with Gasteiger partial charge in [0.15, 0.2) is 0 Å². The summed E-state index contributed by atoms with van der Waals surface area (Å²) >= 11 is 0. The van der Waals surface area contributed by atoms with Crippen molar-refractivity contribution in [2.24, 2.45) is 5.92 Å². The lowest BCUT2D eigenvalue weighted by molar-refractivity contribution is -0.140. The van der Waals surface area contributed by atoms with Crippen LogP contribution in [0.3, 0.4) is 0 Å². The highest BCUT2D eigenvalue weighted by molar-refractivity contribution is 5.77. The van der Waals surface area contributed by atoms with Crippen molar-refractivity contribution in [3.8, 4) is 0 Å². The minimum atomic E-state index is -0.689. The maximum atomic E-state index is 11.6. The molecule has 1 saturated carbocycles. The Kier molecular flexibility index (Phi) is 3.79. The summed E-state index contributed by atoms with van der Waals surface area (Å²) in [6.45, 7) is 3.91. The first-order valence-corrected chi connectivity index (χ1v) is 7.70. The fourth-order valence-corrected chi connectivity index (χ4v) is 3.73. The van der Waals surface area contributed by atoms with Gasteiger partial charge in [-0.3, -0.25) is 9.69 Å². The lowest BCUT2D eigenvalue weighted by Crippen LogP contribution is -2.44. The summed E-state index contributed by atoms with van der Waals surface area (Å²) in [6, 6.07) is 8.61. The van der Waals surface area contributed by atoms with E-state index in [2.05, 4.69) is 17.9 Å². The minimum Gasteiger partial charge on any atom is -0.481 e. The molecule has 1 aromatic carbocycles. The number of carbonyl (C=O) groups is 1. The Balaban J connectivity index is 1.81. The highest BCUT2D eigenvalue weighted by atomic mass is 16.4. The normalized spacial score (nSPS) is 30.8. The molecule has 1 aromatic rings. The number of hydrogen-bond donors (Lipinski definition) is 1. The van der Waals surface area contributed by atoms with Gasteiger partial charge >= 0.3 is 5.97 Å². The van der Waals surface area contributed by atoms with Crippen LogP contribution in [-0.4, -0.2) is 28.6 Å². The Bertz CT molecular complexity index is 492. The average molecular weight is 273 g/mol. The van der Waals surface area contributed by atoms with Gasteiger partial charge in [0.25, 0.3) is 0 Å². The Labute approximate surface area is 120 Å². The molecule has 0 aromatic heterocycles. The minimum absolute atomic E-state index is 0.362. The van der Waals surface area contributed by atoms with E-state index in [-0.39, 0.29) is 5.92 Å². The van der Waals surface area contributed by atoms with Crippen LogP contribution in [0, 0.1) is 5.92 Å². The Morgan fingerprint density at radius 1 is 1.20 bits per heavy atom. The molecule has 3 rings (SSSR count). The summed E-state index contributed by atoms with van der Waals surface area (Å²) in [5.41, 5.74) is 2.21. The third-order valence-electron chi connectivity index (χ3n) is 5.02. The van der Waals surface area contributed by atoms with Crippen molar-refractivity contribution in [3.63, 3.8) is 0 Å². The van der Waals surface area contributed by atoms with Gasteiger partial charge in [0.05, 0.1) is 5.92 Å². The fraction of sp³-hybridized carbons (Fsp3) is 0.588. The maximum absolute atomic E-state index is 11.6. The van der Waals surface area contributed by atoms with E-state index in [1.54, 1.807) is 0 Å². The van der Waals surface area contributed by atoms with E-state index in [4.69, 9.17) is 0 Å². The smallest absolute Gasteiger partial charge is 0.312 e. The second-order valence-corrected chi connectivity index (χ2v) is 6.43. The van der Waals surface area contributed by atoms with Crippen molar-refractivity contribution in [2.45, 2.75) is 51.1 Å². The first-order valence-electron chi connectivity index (χ1n) is 7.70. The lowest BCUT2D eigenvalue weighted by Gasteiger charge is -2.40. The van der Waals surface area contributed by atoms with Crippen LogP contribution in [0.15, 0.2) is 24.3 Å². The molecular weight excluding hydrogens is 250 g/mol. The van der Waals surface area contributed by atoms with Gasteiger partial charge in [-0.2, -0.15) is 0 Å². The van der Waals surface area contributed by atoms with Crippen molar-refractivity contribution < 1.29 is 9.90 Å². The van der Waals surface area contributed by atoms with Gasteiger partial charge < -0.3 is 5.11 Å². The summed E-state index contributed by atoms with van der Waals surface area (Å²) < 4.78 is 0. The number of fused-ring (bicyclic) bond motifs is 1. The van der Waals surface area contributed by atoms with Crippen LogP contribution in [0.5, 0.6) is 0 Å². The van der Waals surface area contributed by atoms with Crippen LogP contribution < -0.4 is 0 Å². The zero-order valence-corrected chi connectivity index (χ0v) is 12.1. The van der Waals surface area contributed by atoms with E-state index >= 15 is 0 Å². The molecule has 108 valence electrons. The number of aliphatic carboxylic acids is 1. The van der Waals surface area contributed by atoms with Gasteiger partial charge in [-0.05, 0) is 42.7 Å². The van der Waals surface area contributed by atoms with Gasteiger partial charge in [0.1, 0.15) is 0 Å². The molecule has 1 heterocycles. The van der Waals surface area contributed by atoms with Crippen molar-refractivity contribution >= 4 is 5.97 Å². The molecule has 20 heavy (non-hydrogen) atoms. The van der Waals surface area contributed by atoms with Crippen LogP contribution in [0.1, 0.15) is 49.7 Å². The first kappa shape index (κ1) is 13.6. The number of carboxylic acids is 1. The SMILES string of the molecule is CC1CCC(N2Cc3ccccc3C(C(=O)O)C2)CC1. The van der Waals surface area contributed by atoms with Gasteiger partial charge in [-0.25, -0.2) is 0 Å². The van der Waals surface area contributed by atoms with Gasteiger partial charge in [0.2, 0.25) is 0 Å². The monoisotopic (exact) mass is 273 g/mol. The van der Waals surface area contributed by atoms with E-state index in [0.29, 0.717) is 12.6 Å². The molecule has 0 spiro atoms. The number of nitrogens with zero attached hydrogens (tertiary/aromatic N) is 1. The number of benzene rings is 1. The molecule has 3 heteroatoms. The van der Waals surface area contributed by atoms with E-state index in [1.807, 2.05) is 18.2 Å². The molecule has 0 amide bonds. The van der Waals surface area contributed by atoms with Crippen molar-refractivity contribution in [1.82, 2.24) is 4.90 Å². The van der Waals surface area contributed by atoms with Crippen molar-refractivity contribution in [2.75, 3.05) is 6.54 Å². The highest BCUT2D eigenvalue weighted by Crippen LogP contribution is 2.34. The Morgan fingerprint density at radius 2 is 1.90 bits per heavy atom. The van der Waals surface area contributed by atoms with E-state index < -0.39 is 5.97 Å². The second kappa shape index (κ2) is 5.57. The molecular formula is C17H23NO2. The van der Waals surface area contributed by atoms with Gasteiger partial charge in [0, 0.05) is 19.1 Å². The van der Waals surface area contributed by atoms with E-state index in [1.165, 1.54) is 31.2 Å².